The van der Waals surface area contributed by atoms with Crippen molar-refractivity contribution in [1.82, 2.24) is 10.2 Å². The number of carbonyl (C=O) groups excluding carboxylic acids is 1. The Balaban J connectivity index is 2.21. The molecule has 0 aliphatic carbocycles. The van der Waals surface area contributed by atoms with Crippen LogP contribution in [0.25, 0.3) is 0 Å². The van der Waals surface area contributed by atoms with E-state index >= 15 is 0 Å². The predicted molar refractivity (Wildman–Crippen MR) is 62.7 cm³/mol. The number of hydrogen-bond acceptors (Lipinski definition) is 3. The smallest absolute Gasteiger partial charge is 0.256 e. The Hall–Kier alpha value is -2.32. The molecule has 2 rings (SSSR count). The molecular formula is C11H7ClN4O. The average Bonchev–Trinajstić information content (AvgIpc) is 2.76. The number of aromatic amines is 1. The van der Waals surface area contributed by atoms with Crippen molar-refractivity contribution in [3.8, 4) is 6.07 Å². The number of H-pyrrole nitrogens is 1. The molecule has 84 valence electrons. The van der Waals surface area contributed by atoms with Crippen molar-refractivity contribution in [2.45, 2.75) is 0 Å². The summed E-state index contributed by atoms with van der Waals surface area (Å²) in [6, 6.07) is 8.43. The van der Waals surface area contributed by atoms with E-state index in [0.29, 0.717) is 10.6 Å². The van der Waals surface area contributed by atoms with Gasteiger partial charge in [0.2, 0.25) is 0 Å². The van der Waals surface area contributed by atoms with E-state index in [1.54, 1.807) is 24.3 Å². The quantitative estimate of drug-likeness (QED) is 0.852. The Morgan fingerprint density at radius 2 is 2.35 bits per heavy atom. The number of nitrogens with zero attached hydrogens (tertiary/aromatic N) is 2. The maximum absolute atomic E-state index is 11.8. The summed E-state index contributed by atoms with van der Waals surface area (Å²) in [5.41, 5.74) is 0.691. The van der Waals surface area contributed by atoms with Gasteiger partial charge in [-0.05, 0) is 18.2 Å². The molecule has 0 aliphatic heterocycles. The van der Waals surface area contributed by atoms with Crippen LogP contribution in [0.1, 0.15) is 15.9 Å². The zero-order chi connectivity index (χ0) is 12.3. The van der Waals surface area contributed by atoms with Crippen LogP contribution in [0.15, 0.2) is 30.5 Å². The monoisotopic (exact) mass is 246 g/mol. The number of halogens is 1. The maximum atomic E-state index is 11.8. The summed E-state index contributed by atoms with van der Waals surface area (Å²) in [5, 5.41) is 18.0. The Labute approximate surface area is 102 Å². The van der Waals surface area contributed by atoms with E-state index in [4.69, 9.17) is 16.9 Å². The Morgan fingerprint density at radius 3 is 3.06 bits per heavy atom. The molecule has 1 aromatic heterocycles. The fourth-order valence-electron chi connectivity index (χ4n) is 1.28. The van der Waals surface area contributed by atoms with Crippen LogP contribution in [-0.2, 0) is 0 Å². The van der Waals surface area contributed by atoms with Crippen LogP contribution >= 0.6 is 11.6 Å². The second-order valence-corrected chi connectivity index (χ2v) is 3.67. The summed E-state index contributed by atoms with van der Waals surface area (Å²) < 4.78 is 0. The minimum atomic E-state index is -0.353. The lowest BCUT2D eigenvalue weighted by atomic mass is 10.2. The van der Waals surface area contributed by atoms with Crippen molar-refractivity contribution in [1.29, 1.82) is 5.26 Å². The number of benzene rings is 1. The fourth-order valence-corrected chi connectivity index (χ4v) is 1.47. The van der Waals surface area contributed by atoms with Crippen LogP contribution in [0.2, 0.25) is 5.02 Å². The molecule has 0 saturated heterocycles. The number of aromatic nitrogens is 2. The van der Waals surface area contributed by atoms with Gasteiger partial charge in [0.15, 0.2) is 0 Å². The molecule has 0 atom stereocenters. The molecule has 0 spiro atoms. The first kappa shape index (κ1) is 11.2. The highest BCUT2D eigenvalue weighted by Gasteiger charge is 2.10. The highest BCUT2D eigenvalue weighted by Crippen LogP contribution is 2.14. The number of hydrogen-bond donors (Lipinski definition) is 2. The lowest BCUT2D eigenvalue weighted by Crippen LogP contribution is -2.12. The number of rotatable bonds is 2. The first-order valence-electron chi connectivity index (χ1n) is 4.71. The molecule has 2 aromatic rings. The number of carbonyl (C=O) groups is 1. The lowest BCUT2D eigenvalue weighted by Gasteiger charge is -2.03. The molecule has 0 unspecified atom stereocenters. The first-order chi connectivity index (χ1) is 8.20. The first-order valence-corrected chi connectivity index (χ1v) is 5.09. The van der Waals surface area contributed by atoms with E-state index in [1.807, 2.05) is 6.07 Å². The zero-order valence-corrected chi connectivity index (χ0v) is 9.32. The average molecular weight is 247 g/mol. The molecule has 0 aliphatic rings. The van der Waals surface area contributed by atoms with E-state index in [-0.39, 0.29) is 17.3 Å². The molecule has 0 fully saturated rings. The van der Waals surface area contributed by atoms with E-state index < -0.39 is 0 Å². The SMILES string of the molecule is N#Cc1cn[nH]c1NC(=O)c1cccc(Cl)c1. The van der Waals surface area contributed by atoms with Crippen LogP contribution in [0.3, 0.4) is 0 Å². The molecule has 1 amide bonds. The summed E-state index contributed by atoms with van der Waals surface area (Å²) in [6.45, 7) is 0. The van der Waals surface area contributed by atoms with E-state index in [2.05, 4.69) is 15.5 Å². The highest BCUT2D eigenvalue weighted by atomic mass is 35.5. The molecule has 0 radical (unpaired) electrons. The molecule has 17 heavy (non-hydrogen) atoms. The van der Waals surface area contributed by atoms with Gasteiger partial charge in [-0.3, -0.25) is 9.89 Å². The van der Waals surface area contributed by atoms with Crippen molar-refractivity contribution in [2.75, 3.05) is 5.32 Å². The molecule has 1 heterocycles. The van der Waals surface area contributed by atoms with Gasteiger partial charge in [0.25, 0.3) is 5.91 Å². The van der Waals surface area contributed by atoms with Crippen LogP contribution < -0.4 is 5.32 Å². The Kier molecular flexibility index (Phi) is 3.08. The normalized spacial score (nSPS) is 9.65. The highest BCUT2D eigenvalue weighted by molar-refractivity contribution is 6.31. The number of nitrogens with one attached hydrogen (secondary N) is 2. The van der Waals surface area contributed by atoms with Gasteiger partial charge in [-0.15, -0.1) is 0 Å². The van der Waals surface area contributed by atoms with Gasteiger partial charge in [-0.25, -0.2) is 0 Å². The Morgan fingerprint density at radius 1 is 1.53 bits per heavy atom. The maximum Gasteiger partial charge on any atom is 0.256 e. The van der Waals surface area contributed by atoms with Crippen molar-refractivity contribution in [3.63, 3.8) is 0 Å². The number of anilines is 1. The van der Waals surface area contributed by atoms with Gasteiger partial charge in [-0.2, -0.15) is 10.4 Å². The van der Waals surface area contributed by atoms with Crippen molar-refractivity contribution < 1.29 is 4.79 Å². The van der Waals surface area contributed by atoms with E-state index in [0.717, 1.165) is 0 Å². The molecule has 5 nitrogen and oxygen atoms in total. The molecule has 2 N–H and O–H groups in total. The number of amides is 1. The van der Waals surface area contributed by atoms with Gasteiger partial charge >= 0.3 is 0 Å². The zero-order valence-electron chi connectivity index (χ0n) is 8.57. The molecule has 0 bridgehead atoms. The largest absolute Gasteiger partial charge is 0.306 e. The third-order valence-corrected chi connectivity index (χ3v) is 2.32. The van der Waals surface area contributed by atoms with E-state index in [9.17, 15) is 4.79 Å². The van der Waals surface area contributed by atoms with Crippen LogP contribution in [0, 0.1) is 11.3 Å². The standard InChI is InChI=1S/C11H7ClN4O/c12-9-3-1-2-7(4-9)11(17)15-10-8(5-13)6-14-16-10/h1-4,6H,(H2,14,15,16,17). The van der Waals surface area contributed by atoms with Crippen LogP contribution in [-0.4, -0.2) is 16.1 Å². The van der Waals surface area contributed by atoms with Crippen molar-refractivity contribution in [2.24, 2.45) is 0 Å². The topological polar surface area (TPSA) is 81.6 Å². The van der Waals surface area contributed by atoms with Crippen LogP contribution in [0.5, 0.6) is 0 Å². The van der Waals surface area contributed by atoms with Crippen molar-refractivity contribution in [3.05, 3.63) is 46.6 Å². The third-order valence-electron chi connectivity index (χ3n) is 2.09. The van der Waals surface area contributed by atoms with Gasteiger partial charge in [0.05, 0.1) is 6.20 Å². The summed E-state index contributed by atoms with van der Waals surface area (Å²) in [6.07, 6.45) is 1.34. The molecule has 6 heteroatoms. The summed E-state index contributed by atoms with van der Waals surface area (Å²) in [4.78, 5) is 11.8. The molecular weight excluding hydrogens is 240 g/mol. The third kappa shape index (κ3) is 2.44. The summed E-state index contributed by atoms with van der Waals surface area (Å²) in [5.74, 6) is -0.0780. The minimum absolute atomic E-state index is 0.275. The molecule has 0 saturated carbocycles. The van der Waals surface area contributed by atoms with Gasteiger partial charge < -0.3 is 5.32 Å². The number of nitriles is 1. The second kappa shape index (κ2) is 4.68. The fraction of sp³-hybridized carbons (Fsp3) is 0. The molecule has 1 aromatic carbocycles. The van der Waals surface area contributed by atoms with Gasteiger partial charge in [0, 0.05) is 10.6 Å². The van der Waals surface area contributed by atoms with Gasteiger partial charge in [0.1, 0.15) is 17.5 Å². The summed E-state index contributed by atoms with van der Waals surface area (Å²) >= 11 is 5.78. The van der Waals surface area contributed by atoms with Crippen LogP contribution in [0.4, 0.5) is 5.82 Å². The summed E-state index contributed by atoms with van der Waals surface area (Å²) in [7, 11) is 0. The Bertz CT molecular complexity index is 600. The lowest BCUT2D eigenvalue weighted by molar-refractivity contribution is 0.102. The second-order valence-electron chi connectivity index (χ2n) is 3.23. The predicted octanol–water partition coefficient (Wildman–Crippen LogP) is 2.19. The van der Waals surface area contributed by atoms with Crippen molar-refractivity contribution >= 4 is 23.3 Å². The van der Waals surface area contributed by atoms with Gasteiger partial charge in [-0.1, -0.05) is 17.7 Å². The minimum Gasteiger partial charge on any atom is -0.306 e. The van der Waals surface area contributed by atoms with E-state index in [1.165, 1.54) is 6.20 Å².